The summed E-state index contributed by atoms with van der Waals surface area (Å²) in [6, 6.07) is 15.4. The summed E-state index contributed by atoms with van der Waals surface area (Å²) in [5.41, 5.74) is 2.98. The lowest BCUT2D eigenvalue weighted by Crippen LogP contribution is -2.43. The van der Waals surface area contributed by atoms with Crippen LogP contribution in [0.2, 0.25) is 0 Å². The number of H-pyrrole nitrogens is 1. The highest BCUT2D eigenvalue weighted by molar-refractivity contribution is 5.89. The van der Waals surface area contributed by atoms with Gasteiger partial charge in [0.1, 0.15) is 5.82 Å². The van der Waals surface area contributed by atoms with Crippen molar-refractivity contribution < 1.29 is 9.18 Å². The number of carbonyl (C=O) groups is 1. The third-order valence-electron chi connectivity index (χ3n) is 5.68. The number of fused-ring (bicyclic) bond motifs is 1. The second-order valence-corrected chi connectivity index (χ2v) is 7.59. The maximum absolute atomic E-state index is 13.3. The first-order valence-corrected chi connectivity index (χ1v) is 9.78. The molecule has 0 radical (unpaired) electrons. The highest BCUT2D eigenvalue weighted by Gasteiger charge is 2.26. The lowest BCUT2D eigenvalue weighted by Gasteiger charge is -2.32. The molecule has 2 atom stereocenters. The molecule has 0 saturated heterocycles. The van der Waals surface area contributed by atoms with Crippen LogP contribution in [0.15, 0.2) is 54.7 Å². The second-order valence-electron chi connectivity index (χ2n) is 7.59. The molecule has 2 aromatic carbocycles. The predicted octanol–water partition coefficient (Wildman–Crippen LogP) is 4.77. The molecule has 0 aliphatic heterocycles. The normalized spacial score (nSPS) is 19.9. The van der Waals surface area contributed by atoms with Crippen LogP contribution in [-0.4, -0.2) is 16.9 Å². The summed E-state index contributed by atoms with van der Waals surface area (Å²) in [7, 11) is 0. The van der Waals surface area contributed by atoms with E-state index in [4.69, 9.17) is 0 Å². The average molecular weight is 364 g/mol. The van der Waals surface area contributed by atoms with Gasteiger partial charge in [0, 0.05) is 23.1 Å². The Morgan fingerprint density at radius 2 is 1.93 bits per heavy atom. The van der Waals surface area contributed by atoms with E-state index in [-0.39, 0.29) is 17.8 Å². The Kier molecular flexibility index (Phi) is 5.23. The number of amides is 1. The summed E-state index contributed by atoms with van der Waals surface area (Å²) >= 11 is 0. The van der Waals surface area contributed by atoms with E-state index in [9.17, 15) is 9.18 Å². The molecule has 2 unspecified atom stereocenters. The van der Waals surface area contributed by atoms with Gasteiger partial charge in [-0.1, -0.05) is 43.2 Å². The van der Waals surface area contributed by atoms with E-state index in [1.807, 2.05) is 12.3 Å². The Bertz CT molecular complexity index is 919. The van der Waals surface area contributed by atoms with Gasteiger partial charge in [0.05, 0.1) is 6.42 Å². The first-order chi connectivity index (χ1) is 13.2. The van der Waals surface area contributed by atoms with E-state index in [1.54, 1.807) is 6.07 Å². The van der Waals surface area contributed by atoms with E-state index in [0.717, 1.165) is 35.7 Å². The van der Waals surface area contributed by atoms with Crippen molar-refractivity contribution in [2.45, 2.75) is 44.6 Å². The average Bonchev–Trinajstić information content (AvgIpc) is 3.06. The Morgan fingerprint density at radius 3 is 2.78 bits per heavy atom. The van der Waals surface area contributed by atoms with Gasteiger partial charge in [0.15, 0.2) is 0 Å². The van der Waals surface area contributed by atoms with Crippen LogP contribution in [0.4, 0.5) is 4.39 Å². The van der Waals surface area contributed by atoms with E-state index < -0.39 is 0 Å². The third-order valence-corrected chi connectivity index (χ3v) is 5.68. The molecular weight excluding hydrogens is 339 g/mol. The number of benzene rings is 2. The molecule has 1 saturated carbocycles. The molecule has 140 valence electrons. The maximum Gasteiger partial charge on any atom is 0.224 e. The molecule has 1 aliphatic carbocycles. The number of hydrogen-bond donors (Lipinski definition) is 2. The molecule has 0 spiro atoms. The number of carbonyl (C=O) groups excluding carboxylic acids is 1. The summed E-state index contributed by atoms with van der Waals surface area (Å²) in [6.45, 7) is 0. The van der Waals surface area contributed by atoms with E-state index in [0.29, 0.717) is 12.3 Å². The van der Waals surface area contributed by atoms with Crippen LogP contribution in [0.3, 0.4) is 0 Å². The van der Waals surface area contributed by atoms with E-state index in [2.05, 4.69) is 34.6 Å². The highest BCUT2D eigenvalue weighted by atomic mass is 19.1. The summed E-state index contributed by atoms with van der Waals surface area (Å²) in [4.78, 5) is 15.7. The number of nitrogens with one attached hydrogen (secondary N) is 2. The summed E-state index contributed by atoms with van der Waals surface area (Å²) < 4.78 is 13.3. The van der Waals surface area contributed by atoms with Crippen molar-refractivity contribution >= 4 is 16.8 Å². The fourth-order valence-corrected chi connectivity index (χ4v) is 4.29. The smallest absolute Gasteiger partial charge is 0.224 e. The zero-order chi connectivity index (χ0) is 18.6. The monoisotopic (exact) mass is 364 g/mol. The number of halogens is 1. The topological polar surface area (TPSA) is 44.9 Å². The van der Waals surface area contributed by atoms with Gasteiger partial charge in [-0.3, -0.25) is 4.79 Å². The van der Waals surface area contributed by atoms with Gasteiger partial charge in [0.2, 0.25) is 5.91 Å². The van der Waals surface area contributed by atoms with Crippen LogP contribution >= 0.6 is 0 Å². The number of aromatic amines is 1. The van der Waals surface area contributed by atoms with Gasteiger partial charge in [-0.15, -0.1) is 0 Å². The molecule has 1 aromatic heterocycles. The van der Waals surface area contributed by atoms with Crippen LogP contribution in [0, 0.1) is 11.7 Å². The minimum absolute atomic E-state index is 0.0465. The minimum atomic E-state index is -0.272. The Balaban J connectivity index is 1.42. The number of aromatic nitrogens is 1. The van der Waals surface area contributed by atoms with Gasteiger partial charge in [-0.2, -0.15) is 0 Å². The van der Waals surface area contributed by atoms with Crippen LogP contribution in [0.1, 0.15) is 36.8 Å². The van der Waals surface area contributed by atoms with Gasteiger partial charge in [0.25, 0.3) is 0 Å². The van der Waals surface area contributed by atoms with Crippen LogP contribution in [0.5, 0.6) is 0 Å². The maximum atomic E-state index is 13.3. The molecule has 3 nitrogen and oxygen atoms in total. The van der Waals surface area contributed by atoms with Gasteiger partial charge < -0.3 is 10.3 Å². The number of rotatable bonds is 5. The predicted molar refractivity (Wildman–Crippen MR) is 106 cm³/mol. The molecule has 4 heteroatoms. The molecule has 1 amide bonds. The molecule has 0 bridgehead atoms. The summed E-state index contributed by atoms with van der Waals surface area (Å²) in [5.74, 6) is 0.263. The molecular formula is C23H25FN2O. The van der Waals surface area contributed by atoms with E-state index in [1.165, 1.54) is 30.5 Å². The van der Waals surface area contributed by atoms with Crippen LogP contribution in [0.25, 0.3) is 10.9 Å². The zero-order valence-corrected chi connectivity index (χ0v) is 15.4. The SMILES string of the molecule is O=C(Cc1c[nH]c2cc(F)ccc12)NC1CCCCC1Cc1ccccc1. The molecule has 1 heterocycles. The van der Waals surface area contributed by atoms with Crippen molar-refractivity contribution in [2.75, 3.05) is 0 Å². The van der Waals surface area contributed by atoms with E-state index >= 15 is 0 Å². The molecule has 2 N–H and O–H groups in total. The quantitative estimate of drug-likeness (QED) is 0.673. The van der Waals surface area contributed by atoms with Crippen LogP contribution < -0.4 is 5.32 Å². The zero-order valence-electron chi connectivity index (χ0n) is 15.4. The van der Waals surface area contributed by atoms with Gasteiger partial charge in [-0.25, -0.2) is 4.39 Å². The summed E-state index contributed by atoms with van der Waals surface area (Å²) in [5, 5.41) is 4.19. The van der Waals surface area contributed by atoms with Crippen molar-refractivity contribution in [3.05, 3.63) is 71.7 Å². The molecule has 27 heavy (non-hydrogen) atoms. The fraction of sp³-hybridized carbons (Fsp3) is 0.348. The Hall–Kier alpha value is -2.62. The molecule has 4 rings (SSSR count). The largest absolute Gasteiger partial charge is 0.361 e. The highest BCUT2D eigenvalue weighted by Crippen LogP contribution is 2.28. The standard InChI is InChI=1S/C23H25FN2O/c24-19-10-11-20-18(15-25-22(20)14-19)13-23(27)26-21-9-5-4-8-17(21)12-16-6-2-1-3-7-16/h1-3,6-7,10-11,14-15,17,21,25H,4-5,8-9,12-13H2,(H,26,27). The third kappa shape index (κ3) is 4.21. The second kappa shape index (κ2) is 7.95. The lowest BCUT2D eigenvalue weighted by molar-refractivity contribution is -0.121. The van der Waals surface area contributed by atoms with Gasteiger partial charge in [-0.05, 0) is 54.5 Å². The van der Waals surface area contributed by atoms with Crippen molar-refractivity contribution in [1.82, 2.24) is 10.3 Å². The molecule has 1 aliphatic rings. The minimum Gasteiger partial charge on any atom is -0.361 e. The van der Waals surface area contributed by atoms with Crippen LogP contribution in [-0.2, 0) is 17.6 Å². The summed E-state index contributed by atoms with van der Waals surface area (Å²) in [6.07, 6.45) is 7.75. The Labute approximate surface area is 159 Å². The first-order valence-electron chi connectivity index (χ1n) is 9.78. The molecule has 3 aromatic rings. The molecule has 1 fully saturated rings. The van der Waals surface area contributed by atoms with Crippen molar-refractivity contribution in [2.24, 2.45) is 5.92 Å². The first kappa shape index (κ1) is 17.8. The Morgan fingerprint density at radius 1 is 1.11 bits per heavy atom. The van der Waals surface area contributed by atoms with Crippen molar-refractivity contribution in [3.63, 3.8) is 0 Å². The van der Waals surface area contributed by atoms with Gasteiger partial charge >= 0.3 is 0 Å². The van der Waals surface area contributed by atoms with Crippen molar-refractivity contribution in [1.29, 1.82) is 0 Å². The fourth-order valence-electron chi connectivity index (χ4n) is 4.29. The number of hydrogen-bond acceptors (Lipinski definition) is 1. The lowest BCUT2D eigenvalue weighted by atomic mass is 9.80. The van der Waals surface area contributed by atoms with Crippen molar-refractivity contribution in [3.8, 4) is 0 Å².